The van der Waals surface area contributed by atoms with E-state index < -0.39 is 0 Å². The summed E-state index contributed by atoms with van der Waals surface area (Å²) in [6, 6.07) is 9.96. The van der Waals surface area contributed by atoms with E-state index in [9.17, 15) is 0 Å². The zero-order valence-electron chi connectivity index (χ0n) is 19.2. The van der Waals surface area contributed by atoms with Crippen molar-refractivity contribution in [1.82, 2.24) is 25.1 Å². The molecule has 0 aliphatic carbocycles. The number of rotatable bonds is 7. The van der Waals surface area contributed by atoms with Gasteiger partial charge in [-0.15, -0.1) is 0 Å². The van der Waals surface area contributed by atoms with Gasteiger partial charge in [-0.2, -0.15) is 5.10 Å². The lowest BCUT2D eigenvalue weighted by molar-refractivity contribution is 0.0342. The summed E-state index contributed by atoms with van der Waals surface area (Å²) in [5.41, 5.74) is 4.54. The van der Waals surface area contributed by atoms with Crippen LogP contribution in [0.3, 0.4) is 0 Å². The summed E-state index contributed by atoms with van der Waals surface area (Å²) in [5, 5.41) is 9.43. The molecule has 35 heavy (non-hydrogen) atoms. The number of fused-ring (bicyclic) bond motifs is 1. The summed E-state index contributed by atoms with van der Waals surface area (Å²) in [6.45, 7) is 6.28. The largest absolute Gasteiger partial charge is 0.486 e. The Morgan fingerprint density at radius 1 is 1.11 bits per heavy atom. The standard InChI is InChI=1S/C26H25Cl2N5O2/c1-17(26-22(27)14-29-15-23(26)28)35-20-3-5-25-21(13-20)24(31-32-25)4-2-19-12-18(6-7-30-19)16-33-8-10-34-11-9-33/h2-7,12-15,17H,8-11,16H2,1H3,(H,31,32)/b4-2+. The van der Waals surface area contributed by atoms with Gasteiger partial charge < -0.3 is 9.47 Å². The van der Waals surface area contributed by atoms with Crippen molar-refractivity contribution in [2.24, 2.45) is 0 Å². The van der Waals surface area contributed by atoms with Gasteiger partial charge in [-0.25, -0.2) is 0 Å². The summed E-state index contributed by atoms with van der Waals surface area (Å²) in [4.78, 5) is 10.9. The fourth-order valence-electron chi connectivity index (χ4n) is 4.15. The maximum Gasteiger partial charge on any atom is 0.124 e. The summed E-state index contributed by atoms with van der Waals surface area (Å²) < 4.78 is 11.6. The third-order valence-electron chi connectivity index (χ3n) is 5.94. The van der Waals surface area contributed by atoms with Gasteiger partial charge in [-0.3, -0.25) is 20.0 Å². The predicted octanol–water partition coefficient (Wildman–Crippen LogP) is 5.80. The van der Waals surface area contributed by atoms with E-state index in [1.165, 1.54) is 5.56 Å². The molecule has 0 bridgehead atoms. The molecule has 1 unspecified atom stereocenters. The number of aromatic amines is 1. The molecule has 0 radical (unpaired) electrons. The van der Waals surface area contributed by atoms with Gasteiger partial charge >= 0.3 is 0 Å². The zero-order valence-corrected chi connectivity index (χ0v) is 20.8. The molecule has 4 heterocycles. The highest BCUT2D eigenvalue weighted by Gasteiger charge is 2.17. The predicted molar refractivity (Wildman–Crippen MR) is 139 cm³/mol. The maximum atomic E-state index is 6.29. The van der Waals surface area contributed by atoms with Gasteiger partial charge in [0, 0.05) is 49.2 Å². The minimum absolute atomic E-state index is 0.347. The number of hydrogen-bond acceptors (Lipinski definition) is 6. The lowest BCUT2D eigenvalue weighted by atomic mass is 10.1. The topological polar surface area (TPSA) is 76.2 Å². The van der Waals surface area contributed by atoms with E-state index in [1.54, 1.807) is 12.4 Å². The van der Waals surface area contributed by atoms with Crippen LogP contribution in [0.1, 0.15) is 35.5 Å². The van der Waals surface area contributed by atoms with E-state index in [0.29, 0.717) is 21.4 Å². The summed E-state index contributed by atoms with van der Waals surface area (Å²) in [6.07, 6.45) is 8.57. The van der Waals surface area contributed by atoms with Crippen molar-refractivity contribution in [3.63, 3.8) is 0 Å². The zero-order chi connectivity index (χ0) is 24.2. The molecule has 0 saturated carbocycles. The highest BCUT2D eigenvalue weighted by Crippen LogP contribution is 2.33. The van der Waals surface area contributed by atoms with Crippen LogP contribution in [0.2, 0.25) is 10.0 Å². The van der Waals surface area contributed by atoms with Crippen molar-refractivity contribution in [2.75, 3.05) is 26.3 Å². The van der Waals surface area contributed by atoms with Crippen LogP contribution in [0, 0.1) is 0 Å². The van der Waals surface area contributed by atoms with Crippen LogP contribution in [-0.4, -0.2) is 51.4 Å². The SMILES string of the molecule is CC(Oc1ccc2[nH]nc(/C=C/c3cc(CN4CCOCC4)ccn3)c2c1)c1c(Cl)cncc1Cl. The van der Waals surface area contributed by atoms with E-state index in [4.69, 9.17) is 32.7 Å². The molecule has 1 aromatic carbocycles. The molecule has 1 aliphatic rings. The molecule has 4 aromatic rings. The van der Waals surface area contributed by atoms with E-state index in [0.717, 1.165) is 55.1 Å². The normalized spacial score (nSPS) is 15.6. The Labute approximate surface area is 213 Å². The Hall–Kier alpha value is -2.97. The van der Waals surface area contributed by atoms with Crippen molar-refractivity contribution in [1.29, 1.82) is 0 Å². The summed E-state index contributed by atoms with van der Waals surface area (Å²) >= 11 is 12.6. The first-order chi connectivity index (χ1) is 17.1. The van der Waals surface area contributed by atoms with Gasteiger partial charge in [0.2, 0.25) is 0 Å². The molecule has 9 heteroatoms. The molecule has 1 saturated heterocycles. The second kappa shape index (κ2) is 10.7. The first-order valence-electron chi connectivity index (χ1n) is 11.4. The highest BCUT2D eigenvalue weighted by atomic mass is 35.5. The lowest BCUT2D eigenvalue weighted by Crippen LogP contribution is -2.35. The second-order valence-electron chi connectivity index (χ2n) is 8.40. The number of H-pyrrole nitrogens is 1. The van der Waals surface area contributed by atoms with Gasteiger partial charge in [-0.1, -0.05) is 23.2 Å². The van der Waals surface area contributed by atoms with Crippen LogP contribution < -0.4 is 4.74 Å². The van der Waals surface area contributed by atoms with Gasteiger partial charge in [0.05, 0.1) is 40.2 Å². The quantitative estimate of drug-likeness (QED) is 0.339. The number of halogens is 2. The van der Waals surface area contributed by atoms with Crippen LogP contribution in [-0.2, 0) is 11.3 Å². The number of pyridine rings is 2. The number of morpholine rings is 1. The molecule has 0 spiro atoms. The second-order valence-corrected chi connectivity index (χ2v) is 9.22. The molecule has 5 rings (SSSR count). The maximum absolute atomic E-state index is 6.29. The van der Waals surface area contributed by atoms with E-state index in [2.05, 4.69) is 37.2 Å². The molecule has 7 nitrogen and oxygen atoms in total. The molecular weight excluding hydrogens is 485 g/mol. The van der Waals surface area contributed by atoms with E-state index in [-0.39, 0.29) is 6.10 Å². The van der Waals surface area contributed by atoms with Crippen molar-refractivity contribution in [3.05, 3.63) is 81.5 Å². The number of benzene rings is 1. The number of aromatic nitrogens is 4. The van der Waals surface area contributed by atoms with Crippen LogP contribution in [0.5, 0.6) is 5.75 Å². The third kappa shape index (κ3) is 5.65. The first kappa shape index (κ1) is 23.8. The van der Waals surface area contributed by atoms with Crippen LogP contribution in [0.4, 0.5) is 0 Å². The average Bonchev–Trinajstić information content (AvgIpc) is 3.26. The Balaban J connectivity index is 1.33. The molecule has 3 aromatic heterocycles. The fourth-order valence-corrected chi connectivity index (χ4v) is 4.82. The van der Waals surface area contributed by atoms with Gasteiger partial charge in [-0.05, 0) is 55.0 Å². The van der Waals surface area contributed by atoms with Crippen LogP contribution in [0.15, 0.2) is 48.9 Å². The fraction of sp³-hybridized carbons (Fsp3) is 0.269. The van der Waals surface area contributed by atoms with Crippen LogP contribution >= 0.6 is 23.2 Å². The Kier molecular flexibility index (Phi) is 7.29. The molecule has 1 atom stereocenters. The van der Waals surface area contributed by atoms with E-state index >= 15 is 0 Å². The smallest absolute Gasteiger partial charge is 0.124 e. The Bertz CT molecular complexity index is 1330. The van der Waals surface area contributed by atoms with Crippen molar-refractivity contribution < 1.29 is 9.47 Å². The van der Waals surface area contributed by atoms with Gasteiger partial charge in [0.25, 0.3) is 0 Å². The molecule has 180 valence electrons. The van der Waals surface area contributed by atoms with Crippen molar-refractivity contribution in [2.45, 2.75) is 19.6 Å². The van der Waals surface area contributed by atoms with E-state index in [1.807, 2.05) is 43.5 Å². The van der Waals surface area contributed by atoms with Gasteiger partial charge in [0.15, 0.2) is 0 Å². The molecule has 1 N–H and O–H groups in total. The highest BCUT2D eigenvalue weighted by molar-refractivity contribution is 6.35. The molecule has 1 fully saturated rings. The monoisotopic (exact) mass is 509 g/mol. The minimum atomic E-state index is -0.347. The van der Waals surface area contributed by atoms with Gasteiger partial charge in [0.1, 0.15) is 11.9 Å². The average molecular weight is 510 g/mol. The number of nitrogens with zero attached hydrogens (tertiary/aromatic N) is 4. The molecule has 0 amide bonds. The first-order valence-corrected chi connectivity index (χ1v) is 12.2. The van der Waals surface area contributed by atoms with Crippen LogP contribution in [0.25, 0.3) is 23.1 Å². The molecule has 1 aliphatic heterocycles. The third-order valence-corrected chi connectivity index (χ3v) is 6.54. The summed E-state index contributed by atoms with van der Waals surface area (Å²) in [7, 11) is 0. The number of ether oxygens (including phenoxy) is 2. The Morgan fingerprint density at radius 2 is 1.91 bits per heavy atom. The number of nitrogens with one attached hydrogen (secondary N) is 1. The van der Waals surface area contributed by atoms with Crippen molar-refractivity contribution >= 4 is 46.3 Å². The lowest BCUT2D eigenvalue weighted by Gasteiger charge is -2.26. The minimum Gasteiger partial charge on any atom is -0.486 e. The molecular formula is C26H25Cl2N5O2. The number of hydrogen-bond donors (Lipinski definition) is 1. The summed E-state index contributed by atoms with van der Waals surface area (Å²) in [5.74, 6) is 0.690. The Morgan fingerprint density at radius 3 is 2.71 bits per heavy atom. The van der Waals surface area contributed by atoms with Crippen molar-refractivity contribution in [3.8, 4) is 5.75 Å².